The summed E-state index contributed by atoms with van der Waals surface area (Å²) in [6.07, 6.45) is 8.78. The minimum absolute atomic E-state index is 0.647. The van der Waals surface area contributed by atoms with Gasteiger partial charge in [0.15, 0.2) is 0 Å². The molecule has 2 heteroatoms. The van der Waals surface area contributed by atoms with Gasteiger partial charge in [-0.05, 0) is 33.1 Å². The van der Waals surface area contributed by atoms with Gasteiger partial charge in [-0.1, -0.05) is 12.2 Å². The van der Waals surface area contributed by atoms with Crippen LogP contribution < -0.4 is 5.32 Å². The van der Waals surface area contributed by atoms with Crippen LogP contribution in [-0.4, -0.2) is 36.1 Å². The Bertz CT molecular complexity index is 202. The molecule has 0 bridgehead atoms. The molecular weight excluding hydrogens is 172 g/mol. The molecule has 2 rings (SSSR count). The van der Waals surface area contributed by atoms with Crippen LogP contribution in [0.5, 0.6) is 0 Å². The lowest BCUT2D eigenvalue weighted by Gasteiger charge is -2.40. The van der Waals surface area contributed by atoms with Gasteiger partial charge in [0.1, 0.15) is 0 Å². The van der Waals surface area contributed by atoms with Gasteiger partial charge >= 0.3 is 0 Å². The van der Waals surface area contributed by atoms with Crippen molar-refractivity contribution >= 4 is 0 Å². The number of allylic oxidation sites excluding steroid dienone is 1. The van der Waals surface area contributed by atoms with Crippen molar-refractivity contribution in [2.24, 2.45) is 0 Å². The van der Waals surface area contributed by atoms with E-state index < -0.39 is 0 Å². The Labute approximate surface area is 87.4 Å². The van der Waals surface area contributed by atoms with Crippen LogP contribution >= 0.6 is 0 Å². The van der Waals surface area contributed by atoms with Gasteiger partial charge in [-0.3, -0.25) is 4.90 Å². The number of piperazine rings is 1. The summed E-state index contributed by atoms with van der Waals surface area (Å²) in [5, 5.41) is 3.58. The predicted octanol–water partition coefficient (Wildman–Crippen LogP) is 1.78. The van der Waals surface area contributed by atoms with Gasteiger partial charge in [0.2, 0.25) is 0 Å². The zero-order valence-electron chi connectivity index (χ0n) is 9.37. The molecule has 0 aromatic heterocycles. The second-order valence-corrected chi connectivity index (χ2v) is 4.85. The average molecular weight is 194 g/mol. The molecule has 0 aromatic rings. The molecule has 1 N–H and O–H groups in total. The van der Waals surface area contributed by atoms with Crippen molar-refractivity contribution in [2.75, 3.05) is 13.1 Å². The SMILES string of the molecule is C[C@@H]1CN(C2C=CCCC2)C[C@H](C)N1. The van der Waals surface area contributed by atoms with E-state index in [0.29, 0.717) is 12.1 Å². The third kappa shape index (κ3) is 2.37. The molecule has 0 saturated carbocycles. The van der Waals surface area contributed by atoms with Crippen molar-refractivity contribution in [2.45, 2.75) is 51.2 Å². The zero-order valence-corrected chi connectivity index (χ0v) is 9.37. The van der Waals surface area contributed by atoms with E-state index in [1.54, 1.807) is 0 Å². The number of hydrogen-bond donors (Lipinski definition) is 1. The Morgan fingerprint density at radius 2 is 1.93 bits per heavy atom. The van der Waals surface area contributed by atoms with Crippen LogP contribution in [-0.2, 0) is 0 Å². The van der Waals surface area contributed by atoms with Gasteiger partial charge in [0.05, 0.1) is 0 Å². The molecule has 1 aliphatic carbocycles. The smallest absolute Gasteiger partial charge is 0.0279 e. The van der Waals surface area contributed by atoms with Crippen molar-refractivity contribution in [3.05, 3.63) is 12.2 Å². The quantitative estimate of drug-likeness (QED) is 0.640. The number of hydrogen-bond acceptors (Lipinski definition) is 2. The van der Waals surface area contributed by atoms with E-state index in [1.165, 1.54) is 32.4 Å². The molecule has 0 radical (unpaired) electrons. The van der Waals surface area contributed by atoms with E-state index in [0.717, 1.165) is 6.04 Å². The maximum absolute atomic E-state index is 3.58. The van der Waals surface area contributed by atoms with E-state index >= 15 is 0 Å². The fraction of sp³-hybridized carbons (Fsp3) is 0.833. The van der Waals surface area contributed by atoms with E-state index in [9.17, 15) is 0 Å². The predicted molar refractivity (Wildman–Crippen MR) is 60.4 cm³/mol. The summed E-state index contributed by atoms with van der Waals surface area (Å²) in [6.45, 7) is 6.99. The van der Waals surface area contributed by atoms with Gasteiger partial charge in [0.25, 0.3) is 0 Å². The van der Waals surface area contributed by atoms with Crippen LogP contribution in [0.25, 0.3) is 0 Å². The first kappa shape index (κ1) is 10.2. The third-order valence-corrected chi connectivity index (χ3v) is 3.28. The first-order valence-corrected chi connectivity index (χ1v) is 5.92. The molecule has 1 unspecified atom stereocenters. The number of rotatable bonds is 1. The zero-order chi connectivity index (χ0) is 9.97. The van der Waals surface area contributed by atoms with Gasteiger partial charge in [-0.2, -0.15) is 0 Å². The Balaban J connectivity index is 1.95. The molecule has 3 atom stereocenters. The van der Waals surface area contributed by atoms with Crippen LogP contribution in [0.3, 0.4) is 0 Å². The molecule has 2 aliphatic rings. The maximum atomic E-state index is 3.58. The second-order valence-electron chi connectivity index (χ2n) is 4.85. The van der Waals surface area contributed by atoms with Gasteiger partial charge in [-0.15, -0.1) is 0 Å². The van der Waals surface area contributed by atoms with Crippen molar-refractivity contribution in [3.63, 3.8) is 0 Å². The fourth-order valence-electron chi connectivity index (χ4n) is 2.74. The highest BCUT2D eigenvalue weighted by Crippen LogP contribution is 2.18. The summed E-state index contributed by atoms with van der Waals surface area (Å²) < 4.78 is 0. The summed E-state index contributed by atoms with van der Waals surface area (Å²) in [4.78, 5) is 2.64. The molecule has 1 saturated heterocycles. The van der Waals surface area contributed by atoms with Crippen LogP contribution in [0.2, 0.25) is 0 Å². The van der Waals surface area contributed by atoms with E-state index in [4.69, 9.17) is 0 Å². The molecular formula is C12H22N2. The molecule has 0 spiro atoms. The molecule has 80 valence electrons. The molecule has 1 fully saturated rings. The van der Waals surface area contributed by atoms with Crippen molar-refractivity contribution in [1.29, 1.82) is 0 Å². The lowest BCUT2D eigenvalue weighted by molar-refractivity contribution is 0.136. The second kappa shape index (κ2) is 4.45. The van der Waals surface area contributed by atoms with Crippen molar-refractivity contribution in [3.8, 4) is 0 Å². The van der Waals surface area contributed by atoms with Gasteiger partial charge in [0, 0.05) is 31.2 Å². The number of nitrogens with zero attached hydrogens (tertiary/aromatic N) is 1. The molecule has 2 nitrogen and oxygen atoms in total. The van der Waals surface area contributed by atoms with Gasteiger partial charge < -0.3 is 5.32 Å². The monoisotopic (exact) mass is 194 g/mol. The fourth-order valence-corrected chi connectivity index (χ4v) is 2.74. The molecule has 14 heavy (non-hydrogen) atoms. The minimum atomic E-state index is 0.647. The van der Waals surface area contributed by atoms with E-state index in [1.807, 2.05) is 0 Å². The topological polar surface area (TPSA) is 15.3 Å². The lowest BCUT2D eigenvalue weighted by atomic mass is 9.99. The molecule has 0 aromatic carbocycles. The Morgan fingerprint density at radius 3 is 2.50 bits per heavy atom. The molecule has 0 amide bonds. The third-order valence-electron chi connectivity index (χ3n) is 3.28. The average Bonchev–Trinajstić information content (AvgIpc) is 2.18. The van der Waals surface area contributed by atoms with E-state index in [2.05, 4.69) is 36.2 Å². The number of nitrogens with one attached hydrogen (secondary N) is 1. The van der Waals surface area contributed by atoms with Crippen LogP contribution in [0.15, 0.2) is 12.2 Å². The normalized spacial score (nSPS) is 40.0. The van der Waals surface area contributed by atoms with Crippen LogP contribution in [0, 0.1) is 0 Å². The Hall–Kier alpha value is -0.340. The first-order chi connectivity index (χ1) is 6.75. The highest BCUT2D eigenvalue weighted by atomic mass is 15.2. The first-order valence-electron chi connectivity index (χ1n) is 5.92. The minimum Gasteiger partial charge on any atom is -0.309 e. The highest BCUT2D eigenvalue weighted by Gasteiger charge is 2.25. The standard InChI is InChI=1S/C12H22N2/c1-10-8-14(9-11(2)13-10)12-6-4-3-5-7-12/h4,6,10-13H,3,5,7-9H2,1-2H3/t10-,11+,12?. The Morgan fingerprint density at radius 1 is 1.21 bits per heavy atom. The largest absolute Gasteiger partial charge is 0.309 e. The van der Waals surface area contributed by atoms with Crippen molar-refractivity contribution in [1.82, 2.24) is 10.2 Å². The van der Waals surface area contributed by atoms with E-state index in [-0.39, 0.29) is 0 Å². The van der Waals surface area contributed by atoms with Crippen molar-refractivity contribution < 1.29 is 0 Å². The summed E-state index contributed by atoms with van der Waals surface area (Å²) in [5.41, 5.74) is 0. The summed E-state index contributed by atoms with van der Waals surface area (Å²) in [7, 11) is 0. The maximum Gasteiger partial charge on any atom is 0.0279 e. The highest BCUT2D eigenvalue weighted by molar-refractivity contribution is 5.00. The molecule has 1 heterocycles. The summed E-state index contributed by atoms with van der Waals surface area (Å²) >= 11 is 0. The van der Waals surface area contributed by atoms with Crippen LogP contribution in [0.1, 0.15) is 33.1 Å². The summed E-state index contributed by atoms with van der Waals surface area (Å²) in [6, 6.07) is 2.01. The van der Waals surface area contributed by atoms with Gasteiger partial charge in [-0.25, -0.2) is 0 Å². The lowest BCUT2D eigenvalue weighted by Crippen LogP contribution is -2.56. The summed E-state index contributed by atoms with van der Waals surface area (Å²) in [5.74, 6) is 0. The Kier molecular flexibility index (Phi) is 3.24. The van der Waals surface area contributed by atoms with Crippen LogP contribution in [0.4, 0.5) is 0 Å². The molecule has 1 aliphatic heterocycles.